The molecule has 10 heteroatoms. The lowest BCUT2D eigenvalue weighted by Crippen LogP contribution is -2.31. The average molecular weight is 558 g/mol. The molecular weight excluding hydrogens is 528 g/mol. The number of nitrogens with one attached hydrogen (secondary N) is 1. The minimum atomic E-state index is -0.510. The highest BCUT2D eigenvalue weighted by Gasteiger charge is 2.30. The second-order valence-electron chi connectivity index (χ2n) is 10.7. The monoisotopic (exact) mass is 557 g/mol. The summed E-state index contributed by atoms with van der Waals surface area (Å²) in [5.74, 6) is -0.663. The van der Waals surface area contributed by atoms with Crippen LogP contribution >= 0.6 is 23.2 Å². The summed E-state index contributed by atoms with van der Waals surface area (Å²) in [6, 6.07) is 6.92. The number of ether oxygens (including phenoxy) is 1. The highest BCUT2D eigenvalue weighted by Crippen LogP contribution is 2.34. The van der Waals surface area contributed by atoms with Crippen molar-refractivity contribution in [3.63, 3.8) is 0 Å². The number of carbonyl (C=O) groups excluding carboxylic acids is 1. The Labute approximate surface area is 230 Å². The quantitative estimate of drug-likeness (QED) is 0.201. The lowest BCUT2D eigenvalue weighted by atomic mass is 9.86. The van der Waals surface area contributed by atoms with E-state index in [2.05, 4.69) is 15.5 Å². The van der Waals surface area contributed by atoms with Crippen molar-refractivity contribution in [2.45, 2.75) is 64.6 Å². The average Bonchev–Trinajstić information content (AvgIpc) is 3.53. The minimum absolute atomic E-state index is 0.00724. The van der Waals surface area contributed by atoms with Gasteiger partial charge in [0.05, 0.1) is 40.8 Å². The van der Waals surface area contributed by atoms with E-state index in [0.29, 0.717) is 10.6 Å². The van der Waals surface area contributed by atoms with Crippen LogP contribution in [0.15, 0.2) is 49.1 Å². The molecule has 1 aliphatic rings. The SMILES string of the molecule is CC(C)(C)OC(=O)C1CCC(n2cc(-c3cnc4ccn(NCc5c(Cl)ccc(F)c5Cl)c4c3)cn2)CC1. The molecule has 38 heavy (non-hydrogen) atoms. The first-order valence-electron chi connectivity index (χ1n) is 12.7. The highest BCUT2D eigenvalue weighted by atomic mass is 35.5. The maximum atomic E-state index is 13.9. The van der Waals surface area contributed by atoms with Gasteiger partial charge in [-0.15, -0.1) is 0 Å². The third-order valence-electron chi connectivity index (χ3n) is 6.85. The van der Waals surface area contributed by atoms with Crippen LogP contribution in [-0.2, 0) is 16.1 Å². The van der Waals surface area contributed by atoms with Gasteiger partial charge in [-0.05, 0) is 70.7 Å². The van der Waals surface area contributed by atoms with E-state index in [1.165, 1.54) is 12.1 Å². The summed E-state index contributed by atoms with van der Waals surface area (Å²) in [7, 11) is 0. The Kier molecular flexibility index (Phi) is 7.38. The van der Waals surface area contributed by atoms with Gasteiger partial charge in [0.15, 0.2) is 0 Å². The van der Waals surface area contributed by atoms with Crippen LogP contribution in [0.2, 0.25) is 10.0 Å². The Balaban J connectivity index is 1.28. The standard InChI is InChI=1S/C28H30Cl2FN5O2/c1-28(2,3)38-27(37)17-4-6-20(7-5-17)36-16-19(14-33-36)18-12-25-24(32-13-18)10-11-35(25)34-15-21-22(29)8-9-23(31)26(21)30/h8-14,16-17,20,34H,4-7,15H2,1-3H3. The third-order valence-corrected chi connectivity index (χ3v) is 7.61. The van der Waals surface area contributed by atoms with E-state index in [9.17, 15) is 9.18 Å². The maximum absolute atomic E-state index is 13.9. The number of carbonyl (C=O) groups is 1. The number of nitrogens with zero attached hydrogens (tertiary/aromatic N) is 4. The molecule has 3 aromatic heterocycles. The van der Waals surface area contributed by atoms with E-state index in [-0.39, 0.29) is 29.5 Å². The Hall–Kier alpha value is -3.10. The van der Waals surface area contributed by atoms with Crippen molar-refractivity contribution in [3.05, 3.63) is 70.5 Å². The summed E-state index contributed by atoms with van der Waals surface area (Å²) in [5.41, 5.74) is 6.81. The Morgan fingerprint density at radius 3 is 2.63 bits per heavy atom. The van der Waals surface area contributed by atoms with Crippen molar-refractivity contribution in [2.75, 3.05) is 5.43 Å². The van der Waals surface area contributed by atoms with E-state index in [4.69, 9.17) is 27.9 Å². The summed E-state index contributed by atoms with van der Waals surface area (Å²) < 4.78 is 23.3. The Morgan fingerprint density at radius 2 is 1.89 bits per heavy atom. The van der Waals surface area contributed by atoms with Crippen LogP contribution in [-0.4, -0.2) is 31.0 Å². The third kappa shape index (κ3) is 5.66. The molecule has 1 saturated carbocycles. The van der Waals surface area contributed by atoms with Gasteiger partial charge in [0.2, 0.25) is 0 Å². The molecule has 0 unspecified atom stereocenters. The topological polar surface area (TPSA) is 74.0 Å². The number of aromatic nitrogens is 4. The first-order valence-corrected chi connectivity index (χ1v) is 13.5. The molecule has 0 bridgehead atoms. The van der Waals surface area contributed by atoms with E-state index in [1.807, 2.05) is 67.0 Å². The molecular formula is C28H30Cl2FN5O2. The maximum Gasteiger partial charge on any atom is 0.309 e. The zero-order valence-electron chi connectivity index (χ0n) is 21.5. The molecule has 4 aromatic rings. The molecule has 1 aliphatic carbocycles. The number of benzene rings is 1. The van der Waals surface area contributed by atoms with Crippen LogP contribution in [0.5, 0.6) is 0 Å². The van der Waals surface area contributed by atoms with E-state index < -0.39 is 11.4 Å². The molecule has 7 nitrogen and oxygen atoms in total. The van der Waals surface area contributed by atoms with E-state index in [1.54, 1.807) is 0 Å². The number of rotatable bonds is 6. The van der Waals surface area contributed by atoms with Crippen LogP contribution in [0.1, 0.15) is 58.1 Å². The molecule has 5 rings (SSSR count). The lowest BCUT2D eigenvalue weighted by Gasteiger charge is -2.29. The molecule has 0 radical (unpaired) electrons. The second-order valence-corrected chi connectivity index (χ2v) is 11.5. The molecule has 0 saturated heterocycles. The van der Waals surface area contributed by atoms with Gasteiger partial charge < -0.3 is 10.2 Å². The van der Waals surface area contributed by atoms with Gasteiger partial charge in [-0.3, -0.25) is 19.1 Å². The number of hydrogen-bond acceptors (Lipinski definition) is 5. The van der Waals surface area contributed by atoms with Crippen molar-refractivity contribution in [2.24, 2.45) is 5.92 Å². The molecule has 0 amide bonds. The van der Waals surface area contributed by atoms with E-state index in [0.717, 1.165) is 47.8 Å². The first kappa shape index (κ1) is 26.5. The van der Waals surface area contributed by atoms with Gasteiger partial charge in [-0.1, -0.05) is 23.2 Å². The molecule has 1 N–H and O–H groups in total. The molecule has 0 aliphatic heterocycles. The number of halogens is 3. The van der Waals surface area contributed by atoms with Crippen molar-refractivity contribution < 1.29 is 13.9 Å². The smallest absolute Gasteiger partial charge is 0.309 e. The lowest BCUT2D eigenvalue weighted by molar-refractivity contribution is -0.161. The summed E-state index contributed by atoms with van der Waals surface area (Å²) in [6.07, 6.45) is 10.9. The Morgan fingerprint density at radius 1 is 1.13 bits per heavy atom. The summed E-state index contributed by atoms with van der Waals surface area (Å²) in [5, 5.41) is 5.03. The molecule has 0 spiro atoms. The number of fused-ring (bicyclic) bond motifs is 1. The van der Waals surface area contributed by atoms with Crippen molar-refractivity contribution >= 4 is 40.2 Å². The number of esters is 1. The normalized spacial score (nSPS) is 18.1. The molecule has 200 valence electrons. The Bertz CT molecular complexity index is 1470. The zero-order chi connectivity index (χ0) is 27.0. The van der Waals surface area contributed by atoms with Crippen molar-refractivity contribution in [1.82, 2.24) is 19.4 Å². The van der Waals surface area contributed by atoms with Gasteiger partial charge in [0, 0.05) is 40.3 Å². The van der Waals surface area contributed by atoms with E-state index >= 15 is 0 Å². The van der Waals surface area contributed by atoms with Gasteiger partial charge in [0.1, 0.15) is 11.4 Å². The minimum Gasteiger partial charge on any atom is -0.460 e. The van der Waals surface area contributed by atoms with Crippen LogP contribution in [0.3, 0.4) is 0 Å². The largest absolute Gasteiger partial charge is 0.460 e. The van der Waals surface area contributed by atoms with Crippen LogP contribution in [0.4, 0.5) is 4.39 Å². The fraction of sp³-hybridized carbons (Fsp3) is 0.393. The van der Waals surface area contributed by atoms with Gasteiger partial charge >= 0.3 is 5.97 Å². The second kappa shape index (κ2) is 10.6. The summed E-state index contributed by atoms with van der Waals surface area (Å²) in [4.78, 5) is 17.0. The molecule has 1 aromatic carbocycles. The molecule has 1 fully saturated rings. The van der Waals surface area contributed by atoms with Crippen LogP contribution in [0, 0.1) is 11.7 Å². The fourth-order valence-electron chi connectivity index (χ4n) is 4.85. The van der Waals surface area contributed by atoms with Crippen molar-refractivity contribution in [3.8, 4) is 11.1 Å². The van der Waals surface area contributed by atoms with Gasteiger partial charge in [-0.2, -0.15) is 5.10 Å². The number of hydrogen-bond donors (Lipinski definition) is 1. The van der Waals surface area contributed by atoms with Crippen molar-refractivity contribution in [1.29, 1.82) is 0 Å². The van der Waals surface area contributed by atoms with Crippen LogP contribution < -0.4 is 5.43 Å². The molecule has 0 atom stereocenters. The predicted octanol–water partition coefficient (Wildman–Crippen LogP) is 7.16. The number of pyridine rings is 1. The van der Waals surface area contributed by atoms with Crippen LogP contribution in [0.25, 0.3) is 22.2 Å². The molecule has 3 heterocycles. The predicted molar refractivity (Wildman–Crippen MR) is 147 cm³/mol. The van der Waals surface area contributed by atoms with Gasteiger partial charge in [0.25, 0.3) is 0 Å². The first-order chi connectivity index (χ1) is 18.1. The highest BCUT2D eigenvalue weighted by molar-refractivity contribution is 6.36. The zero-order valence-corrected chi connectivity index (χ0v) is 23.1. The van der Waals surface area contributed by atoms with Gasteiger partial charge in [-0.25, -0.2) is 4.39 Å². The summed E-state index contributed by atoms with van der Waals surface area (Å²) in [6.45, 7) is 5.94. The summed E-state index contributed by atoms with van der Waals surface area (Å²) >= 11 is 12.4. The fourth-order valence-corrected chi connectivity index (χ4v) is 5.35.